The summed E-state index contributed by atoms with van der Waals surface area (Å²) in [5, 5.41) is 10.3. The molecule has 2 aromatic carbocycles. The predicted octanol–water partition coefficient (Wildman–Crippen LogP) is 3.39. The monoisotopic (exact) mass is 358 g/mol. The van der Waals surface area contributed by atoms with Crippen LogP contribution < -0.4 is 15.0 Å². The molecule has 2 N–H and O–H groups in total. The number of aryl methyl sites for hydroxylation is 2. The van der Waals surface area contributed by atoms with Gasteiger partial charge in [-0.2, -0.15) is 0 Å². The van der Waals surface area contributed by atoms with Crippen LogP contribution in [-0.4, -0.2) is 28.9 Å². The summed E-state index contributed by atoms with van der Waals surface area (Å²) in [6.45, 7) is 3.84. The van der Waals surface area contributed by atoms with Gasteiger partial charge in [0.1, 0.15) is 5.75 Å². The van der Waals surface area contributed by atoms with Crippen LogP contribution in [0, 0.1) is 18.6 Å². The Hall–Kier alpha value is -2.80. The summed E-state index contributed by atoms with van der Waals surface area (Å²) in [5.74, 6) is 0.824. The Bertz CT molecular complexity index is 1100. The van der Waals surface area contributed by atoms with E-state index in [1.807, 2.05) is 19.9 Å². The molecule has 25 heavy (non-hydrogen) atoms. The van der Waals surface area contributed by atoms with Crippen molar-refractivity contribution >= 4 is 23.1 Å². The minimum atomic E-state index is -0.328. The van der Waals surface area contributed by atoms with Gasteiger partial charge in [-0.3, -0.25) is 9.36 Å². The SMILES string of the molecule is COc1cc(-n2c(=S)[nH]c3cc(OC)c(O)cc3c2=O)c(C)cc1C. The van der Waals surface area contributed by atoms with Crippen molar-refractivity contribution in [2.75, 3.05) is 14.2 Å². The highest BCUT2D eigenvalue weighted by Crippen LogP contribution is 2.30. The van der Waals surface area contributed by atoms with E-state index in [1.54, 1.807) is 19.2 Å². The van der Waals surface area contributed by atoms with Crippen molar-refractivity contribution < 1.29 is 14.6 Å². The van der Waals surface area contributed by atoms with Gasteiger partial charge in [0.25, 0.3) is 5.56 Å². The molecule has 0 aliphatic carbocycles. The number of nitrogens with one attached hydrogen (secondary N) is 1. The highest BCUT2D eigenvalue weighted by molar-refractivity contribution is 7.71. The Morgan fingerprint density at radius 2 is 1.72 bits per heavy atom. The number of hydrogen-bond donors (Lipinski definition) is 2. The molecule has 0 amide bonds. The minimum absolute atomic E-state index is 0.109. The molecular formula is C18H18N2O4S. The molecule has 0 aliphatic rings. The molecule has 0 saturated carbocycles. The zero-order chi connectivity index (χ0) is 18.3. The van der Waals surface area contributed by atoms with Gasteiger partial charge >= 0.3 is 0 Å². The average molecular weight is 358 g/mol. The van der Waals surface area contributed by atoms with Gasteiger partial charge in [-0.25, -0.2) is 0 Å². The highest BCUT2D eigenvalue weighted by atomic mass is 32.1. The number of ether oxygens (including phenoxy) is 2. The van der Waals surface area contributed by atoms with Crippen LogP contribution in [0.25, 0.3) is 16.6 Å². The molecule has 1 heterocycles. The second-order valence-electron chi connectivity index (χ2n) is 5.75. The van der Waals surface area contributed by atoms with Crippen molar-refractivity contribution in [1.29, 1.82) is 0 Å². The quantitative estimate of drug-likeness (QED) is 0.702. The third-order valence-electron chi connectivity index (χ3n) is 4.15. The van der Waals surface area contributed by atoms with Crippen LogP contribution in [0.3, 0.4) is 0 Å². The Morgan fingerprint density at radius 1 is 1.04 bits per heavy atom. The molecule has 0 atom stereocenters. The van der Waals surface area contributed by atoms with Crippen LogP contribution >= 0.6 is 12.2 Å². The number of hydrogen-bond acceptors (Lipinski definition) is 5. The van der Waals surface area contributed by atoms with Crippen molar-refractivity contribution in [2.45, 2.75) is 13.8 Å². The first-order valence-corrected chi connectivity index (χ1v) is 8.00. The Morgan fingerprint density at radius 3 is 2.36 bits per heavy atom. The summed E-state index contributed by atoms with van der Waals surface area (Å²) in [4.78, 5) is 16.0. The van der Waals surface area contributed by atoms with E-state index < -0.39 is 0 Å². The van der Waals surface area contributed by atoms with E-state index in [9.17, 15) is 9.90 Å². The largest absolute Gasteiger partial charge is 0.504 e. The summed E-state index contributed by atoms with van der Waals surface area (Å²) in [6.07, 6.45) is 0. The smallest absolute Gasteiger partial charge is 0.266 e. The molecule has 3 rings (SSSR count). The van der Waals surface area contributed by atoms with Gasteiger partial charge in [0, 0.05) is 12.1 Å². The van der Waals surface area contributed by atoms with Crippen LogP contribution in [0.5, 0.6) is 17.2 Å². The maximum absolute atomic E-state index is 13.0. The lowest BCUT2D eigenvalue weighted by Gasteiger charge is -2.14. The van der Waals surface area contributed by atoms with E-state index in [2.05, 4.69) is 4.98 Å². The molecular weight excluding hydrogens is 340 g/mol. The lowest BCUT2D eigenvalue weighted by atomic mass is 10.1. The molecule has 7 heteroatoms. The van der Waals surface area contributed by atoms with Crippen LogP contribution in [0.1, 0.15) is 11.1 Å². The van der Waals surface area contributed by atoms with Gasteiger partial charge in [0.2, 0.25) is 0 Å². The Kier molecular flexibility index (Phi) is 4.26. The van der Waals surface area contributed by atoms with Crippen molar-refractivity contribution in [1.82, 2.24) is 9.55 Å². The topological polar surface area (TPSA) is 76.5 Å². The van der Waals surface area contributed by atoms with Gasteiger partial charge in [0.05, 0.1) is 30.8 Å². The van der Waals surface area contributed by atoms with Crippen LogP contribution in [0.2, 0.25) is 0 Å². The molecule has 0 aliphatic heterocycles. The average Bonchev–Trinajstić information content (AvgIpc) is 2.57. The second kappa shape index (κ2) is 6.25. The van der Waals surface area contributed by atoms with Crippen molar-refractivity contribution in [3.8, 4) is 22.9 Å². The number of aromatic hydroxyl groups is 1. The zero-order valence-electron chi connectivity index (χ0n) is 14.3. The Balaban J connectivity index is 2.39. The van der Waals surface area contributed by atoms with Gasteiger partial charge in [-0.1, -0.05) is 6.07 Å². The van der Waals surface area contributed by atoms with E-state index in [0.29, 0.717) is 22.3 Å². The molecule has 3 aromatic rings. The van der Waals surface area contributed by atoms with Gasteiger partial charge in [-0.15, -0.1) is 0 Å². The molecule has 0 fully saturated rings. The number of methoxy groups -OCH3 is 2. The lowest BCUT2D eigenvalue weighted by molar-refractivity contribution is 0.374. The highest BCUT2D eigenvalue weighted by Gasteiger charge is 2.14. The number of H-pyrrole nitrogens is 1. The third kappa shape index (κ3) is 2.76. The fourth-order valence-corrected chi connectivity index (χ4v) is 3.19. The molecule has 0 spiro atoms. The van der Waals surface area contributed by atoms with E-state index in [-0.39, 0.29) is 21.8 Å². The normalized spacial score (nSPS) is 10.9. The molecule has 1 aromatic heterocycles. The summed E-state index contributed by atoms with van der Waals surface area (Å²) in [6, 6.07) is 6.64. The molecule has 0 unspecified atom stereocenters. The maximum Gasteiger partial charge on any atom is 0.266 e. The van der Waals surface area contributed by atoms with Gasteiger partial charge in [0.15, 0.2) is 16.3 Å². The van der Waals surface area contributed by atoms with Gasteiger partial charge < -0.3 is 19.6 Å². The number of benzene rings is 2. The summed E-state index contributed by atoms with van der Waals surface area (Å²) < 4.78 is 12.1. The molecule has 0 saturated heterocycles. The lowest BCUT2D eigenvalue weighted by Crippen LogP contribution is -2.21. The van der Waals surface area contributed by atoms with Crippen LogP contribution in [0.15, 0.2) is 29.1 Å². The fourth-order valence-electron chi connectivity index (χ4n) is 2.90. The standard InChI is InChI=1S/C18H18N2O4S/c1-9-5-10(2)15(23-3)8-13(9)20-17(22)11-6-14(21)16(24-4)7-12(11)19-18(20)25/h5-8,21H,1-4H3,(H,19,25). The number of nitrogens with zero attached hydrogens (tertiary/aromatic N) is 1. The zero-order valence-corrected chi connectivity index (χ0v) is 15.2. The summed E-state index contributed by atoms with van der Waals surface area (Å²) in [7, 11) is 3.02. The molecule has 6 nitrogen and oxygen atoms in total. The first-order chi connectivity index (χ1) is 11.9. The summed E-state index contributed by atoms with van der Waals surface area (Å²) in [5.41, 5.74) is 2.65. The number of phenols is 1. The van der Waals surface area contributed by atoms with Gasteiger partial charge in [-0.05, 0) is 43.3 Å². The molecule has 130 valence electrons. The van der Waals surface area contributed by atoms with E-state index in [4.69, 9.17) is 21.7 Å². The van der Waals surface area contributed by atoms with Crippen molar-refractivity contribution in [2.24, 2.45) is 0 Å². The molecule has 0 radical (unpaired) electrons. The van der Waals surface area contributed by atoms with Crippen molar-refractivity contribution in [3.63, 3.8) is 0 Å². The number of phenolic OH excluding ortho intramolecular Hbond substituents is 1. The maximum atomic E-state index is 13.0. The summed E-state index contributed by atoms with van der Waals surface area (Å²) >= 11 is 5.40. The first kappa shape index (κ1) is 17.0. The predicted molar refractivity (Wildman–Crippen MR) is 99.0 cm³/mol. The fraction of sp³-hybridized carbons (Fsp3) is 0.222. The molecule has 0 bridgehead atoms. The van der Waals surface area contributed by atoms with E-state index >= 15 is 0 Å². The number of aromatic amines is 1. The van der Waals surface area contributed by atoms with E-state index in [0.717, 1.165) is 11.1 Å². The van der Waals surface area contributed by atoms with Crippen LogP contribution in [0.4, 0.5) is 0 Å². The second-order valence-corrected chi connectivity index (χ2v) is 6.14. The van der Waals surface area contributed by atoms with E-state index in [1.165, 1.54) is 17.7 Å². The number of rotatable bonds is 3. The van der Waals surface area contributed by atoms with Crippen LogP contribution in [-0.2, 0) is 0 Å². The number of fused-ring (bicyclic) bond motifs is 1. The minimum Gasteiger partial charge on any atom is -0.504 e. The Labute approximate surface area is 149 Å². The third-order valence-corrected chi connectivity index (χ3v) is 4.44. The van der Waals surface area contributed by atoms with Crippen molar-refractivity contribution in [3.05, 3.63) is 50.5 Å². The first-order valence-electron chi connectivity index (χ1n) is 7.59. The number of aromatic nitrogens is 2.